The second kappa shape index (κ2) is 6.28. The molecule has 0 amide bonds. The lowest BCUT2D eigenvalue weighted by Crippen LogP contribution is -2.80. The molecule has 2 saturated heterocycles. The molecular formula is C25H39NO6. The highest BCUT2D eigenvalue weighted by Gasteiger charge is 2.93. The number of hydrogen-bond donors (Lipinski definition) is 1. The van der Waals surface area contributed by atoms with Crippen LogP contribution in [0.25, 0.3) is 0 Å². The van der Waals surface area contributed by atoms with Crippen molar-refractivity contribution < 1.29 is 28.8 Å². The van der Waals surface area contributed by atoms with Gasteiger partial charge in [0.1, 0.15) is 18.0 Å². The molecule has 7 aliphatic rings. The Morgan fingerprint density at radius 2 is 1.94 bits per heavy atom. The summed E-state index contributed by atoms with van der Waals surface area (Å²) in [6.07, 6.45) is 3.54. The van der Waals surface area contributed by atoms with Gasteiger partial charge in [0.2, 0.25) is 0 Å². The normalized spacial score (nSPS) is 64.1. The van der Waals surface area contributed by atoms with E-state index >= 15 is 0 Å². The van der Waals surface area contributed by atoms with Crippen molar-refractivity contribution in [2.24, 2.45) is 34.5 Å². The minimum Gasteiger partial charge on any atom is -0.392 e. The Morgan fingerprint density at radius 1 is 1.12 bits per heavy atom. The largest absolute Gasteiger partial charge is 0.392 e. The predicted molar refractivity (Wildman–Crippen MR) is 115 cm³/mol. The standard InChI is InChI=1S/C25H39NO6/c1-6-26-11-22(2)8-7-16(29-4)24-14-9-13-15(28-3)10-23(17(14)18(13)27)25(21(24)26,32-12-31-23)20(30-5)19(22)24/h13-21,27H,6-12H2,1-5H3/t13-,14-,15+,16?,17-,18+,19-,20+,21+,22+,23-,24+,25+/m1/s1. The second-order valence-electron chi connectivity index (χ2n) is 12.1. The monoisotopic (exact) mass is 449 g/mol. The van der Waals surface area contributed by atoms with Crippen molar-refractivity contribution in [2.45, 2.75) is 81.2 Å². The number of aliphatic hydroxyl groups is 1. The first-order valence-corrected chi connectivity index (χ1v) is 12.7. The number of aliphatic hydroxyl groups excluding tert-OH is 1. The van der Waals surface area contributed by atoms with Gasteiger partial charge in [-0.3, -0.25) is 4.90 Å². The van der Waals surface area contributed by atoms with Gasteiger partial charge in [-0.05, 0) is 37.1 Å². The average Bonchev–Trinajstić information content (AvgIpc) is 3.33. The fourth-order valence-electron chi connectivity index (χ4n) is 11.4. The highest BCUT2D eigenvalue weighted by Crippen LogP contribution is 2.82. The molecule has 3 spiro atoms. The van der Waals surface area contributed by atoms with Crippen molar-refractivity contribution in [3.8, 4) is 0 Å². The van der Waals surface area contributed by atoms with Crippen molar-refractivity contribution in [1.82, 2.24) is 4.90 Å². The van der Waals surface area contributed by atoms with E-state index in [4.69, 9.17) is 23.7 Å². The topological polar surface area (TPSA) is 69.6 Å². The number of methoxy groups -OCH3 is 3. The second-order valence-corrected chi connectivity index (χ2v) is 12.1. The highest BCUT2D eigenvalue weighted by molar-refractivity contribution is 5.42. The van der Waals surface area contributed by atoms with Crippen LogP contribution in [-0.2, 0) is 23.7 Å². The third kappa shape index (κ3) is 1.80. The van der Waals surface area contributed by atoms with Gasteiger partial charge in [-0.25, -0.2) is 0 Å². The molecule has 7 fully saturated rings. The fraction of sp³-hybridized carbons (Fsp3) is 1.00. The maximum atomic E-state index is 11.8. The molecule has 32 heavy (non-hydrogen) atoms. The Hall–Kier alpha value is -0.280. The van der Waals surface area contributed by atoms with Crippen LogP contribution in [0.3, 0.4) is 0 Å². The molecule has 7 rings (SSSR count). The molecule has 180 valence electrons. The number of likely N-dealkylation sites (N-methyl/N-ethyl adjacent to an activating group) is 1. The van der Waals surface area contributed by atoms with Crippen molar-refractivity contribution >= 4 is 0 Å². The first-order valence-electron chi connectivity index (χ1n) is 12.7. The molecule has 7 nitrogen and oxygen atoms in total. The molecule has 7 heteroatoms. The first kappa shape index (κ1) is 21.0. The lowest BCUT2D eigenvalue weighted by Gasteiger charge is -2.69. The van der Waals surface area contributed by atoms with E-state index in [1.54, 1.807) is 7.11 Å². The molecule has 0 radical (unpaired) electrons. The quantitative estimate of drug-likeness (QED) is 0.700. The highest BCUT2D eigenvalue weighted by atomic mass is 16.7. The molecule has 13 atom stereocenters. The zero-order valence-electron chi connectivity index (χ0n) is 20.1. The SMILES string of the molecule is CCN1C[C@]2(C)CCC(OC)[C@@]34[C@@H]5C[C@H]6[C@H](O)[C@@H]5[C@@]5(C[C@@H]6OC)OCO[C@@]5([C@@H](OC)[C@H]23)[C@@H]14. The number of hydrogen-bond acceptors (Lipinski definition) is 7. The van der Waals surface area contributed by atoms with E-state index in [0.717, 1.165) is 38.8 Å². The Kier molecular flexibility index (Phi) is 4.13. The van der Waals surface area contributed by atoms with E-state index in [-0.39, 0.29) is 53.8 Å². The Morgan fingerprint density at radius 3 is 2.62 bits per heavy atom. The molecular weight excluding hydrogens is 410 g/mol. The summed E-state index contributed by atoms with van der Waals surface area (Å²) in [6, 6.07) is 0.165. The zero-order chi connectivity index (χ0) is 22.3. The van der Waals surface area contributed by atoms with Gasteiger partial charge in [-0.2, -0.15) is 0 Å². The number of fused-ring (bicyclic) bond motifs is 1. The molecule has 0 aromatic rings. The summed E-state index contributed by atoms with van der Waals surface area (Å²) in [5, 5.41) is 11.8. The number of nitrogens with zero attached hydrogens (tertiary/aromatic N) is 1. The van der Waals surface area contributed by atoms with Gasteiger partial charge in [0, 0.05) is 57.5 Å². The third-order valence-electron chi connectivity index (χ3n) is 11.8. The van der Waals surface area contributed by atoms with Crippen LogP contribution in [0.1, 0.15) is 39.5 Å². The van der Waals surface area contributed by atoms with E-state index in [2.05, 4.69) is 18.7 Å². The van der Waals surface area contributed by atoms with E-state index in [9.17, 15) is 5.11 Å². The van der Waals surface area contributed by atoms with Crippen LogP contribution in [0, 0.1) is 34.5 Å². The van der Waals surface area contributed by atoms with Gasteiger partial charge < -0.3 is 28.8 Å². The van der Waals surface area contributed by atoms with Gasteiger partial charge in [-0.1, -0.05) is 13.8 Å². The average molecular weight is 450 g/mol. The smallest absolute Gasteiger partial charge is 0.148 e. The van der Waals surface area contributed by atoms with Gasteiger partial charge >= 0.3 is 0 Å². The maximum Gasteiger partial charge on any atom is 0.148 e. The van der Waals surface area contributed by atoms with Crippen LogP contribution in [0.4, 0.5) is 0 Å². The van der Waals surface area contributed by atoms with Crippen LogP contribution < -0.4 is 0 Å². The number of rotatable bonds is 4. The lowest BCUT2D eigenvalue weighted by atomic mass is 9.43. The van der Waals surface area contributed by atoms with Crippen LogP contribution in [0.15, 0.2) is 0 Å². The van der Waals surface area contributed by atoms with Crippen molar-refractivity contribution in [2.75, 3.05) is 41.2 Å². The Balaban J connectivity index is 1.58. The number of piperidine rings is 1. The summed E-state index contributed by atoms with van der Waals surface area (Å²) in [5.74, 6) is 0.828. The molecule has 1 unspecified atom stereocenters. The van der Waals surface area contributed by atoms with Crippen LogP contribution in [0.5, 0.6) is 0 Å². The number of likely N-dealkylation sites (tertiary alicyclic amines) is 1. The molecule has 0 aromatic carbocycles. The zero-order valence-corrected chi connectivity index (χ0v) is 20.1. The van der Waals surface area contributed by atoms with Gasteiger partial charge in [-0.15, -0.1) is 0 Å². The third-order valence-corrected chi connectivity index (χ3v) is 11.8. The molecule has 5 aliphatic carbocycles. The van der Waals surface area contributed by atoms with Crippen molar-refractivity contribution in [1.29, 1.82) is 0 Å². The summed E-state index contributed by atoms with van der Waals surface area (Å²) in [4.78, 5) is 2.69. The number of ether oxygens (including phenoxy) is 5. The van der Waals surface area contributed by atoms with Crippen LogP contribution >= 0.6 is 0 Å². The van der Waals surface area contributed by atoms with Crippen molar-refractivity contribution in [3.63, 3.8) is 0 Å². The van der Waals surface area contributed by atoms with E-state index in [0.29, 0.717) is 11.8 Å². The summed E-state index contributed by atoms with van der Waals surface area (Å²) in [5.41, 5.74) is -1.19. The molecule has 5 saturated carbocycles. The van der Waals surface area contributed by atoms with E-state index in [1.807, 2.05) is 14.2 Å². The summed E-state index contributed by atoms with van der Waals surface area (Å²) >= 11 is 0. The maximum absolute atomic E-state index is 11.8. The lowest BCUT2D eigenvalue weighted by molar-refractivity contribution is -0.281. The van der Waals surface area contributed by atoms with E-state index in [1.165, 1.54) is 0 Å². The Labute approximate surface area is 191 Å². The fourth-order valence-corrected chi connectivity index (χ4v) is 11.4. The molecule has 7 bridgehead atoms. The predicted octanol–water partition coefficient (Wildman–Crippen LogP) is 1.66. The first-order chi connectivity index (χ1) is 15.4. The van der Waals surface area contributed by atoms with Crippen LogP contribution in [0.2, 0.25) is 0 Å². The molecule has 2 aliphatic heterocycles. The minimum absolute atomic E-state index is 0.0241. The van der Waals surface area contributed by atoms with Crippen LogP contribution in [-0.4, -0.2) is 92.9 Å². The van der Waals surface area contributed by atoms with E-state index < -0.39 is 17.3 Å². The molecule has 0 aromatic heterocycles. The van der Waals surface area contributed by atoms with Gasteiger partial charge in [0.15, 0.2) is 0 Å². The van der Waals surface area contributed by atoms with Crippen molar-refractivity contribution in [3.05, 3.63) is 0 Å². The summed E-state index contributed by atoms with van der Waals surface area (Å²) in [6.45, 7) is 7.06. The van der Waals surface area contributed by atoms with Gasteiger partial charge in [0.25, 0.3) is 0 Å². The minimum atomic E-state index is -0.616. The summed E-state index contributed by atoms with van der Waals surface area (Å²) in [7, 11) is 5.55. The van der Waals surface area contributed by atoms with Gasteiger partial charge in [0.05, 0.1) is 30.5 Å². The molecule has 2 heterocycles. The Bertz CT molecular complexity index is 826. The summed E-state index contributed by atoms with van der Waals surface area (Å²) < 4.78 is 32.6. The molecule has 1 N–H and O–H groups in total.